The molecule has 0 fully saturated rings. The maximum absolute atomic E-state index is 12.8. The number of carbonyl (C=O) groups is 1. The van der Waals surface area contributed by atoms with Gasteiger partial charge in [0.15, 0.2) is 0 Å². The molecule has 0 unspecified atom stereocenters. The number of para-hydroxylation sites is 1. The number of unbranched alkanes of at least 4 members (excludes halogenated alkanes) is 2. The molecule has 2 N–H and O–H groups in total. The Morgan fingerprint density at radius 3 is 2.45 bits per heavy atom. The second kappa shape index (κ2) is 11.3. The van der Waals surface area contributed by atoms with E-state index in [0.29, 0.717) is 23.6 Å². The normalized spacial score (nSPS) is 11.0. The third kappa shape index (κ3) is 6.42. The molecule has 1 amide bonds. The molecule has 3 rings (SSSR count). The van der Waals surface area contributed by atoms with Crippen LogP contribution in [0, 0.1) is 0 Å². The number of aromatic nitrogens is 2. The number of amides is 1. The van der Waals surface area contributed by atoms with Crippen LogP contribution in [0.15, 0.2) is 65.8 Å². The fraction of sp³-hybridized carbons (Fsp3) is 0.261. The van der Waals surface area contributed by atoms with Crippen molar-refractivity contribution in [3.63, 3.8) is 0 Å². The predicted octanol–water partition coefficient (Wildman–Crippen LogP) is 4.11. The Balaban J connectivity index is 1.69. The minimum Gasteiger partial charge on any atom is -0.493 e. The van der Waals surface area contributed by atoms with Crippen LogP contribution in [-0.2, 0) is 10.0 Å². The highest BCUT2D eigenvalue weighted by Gasteiger charge is 2.19. The van der Waals surface area contributed by atoms with Crippen LogP contribution >= 0.6 is 0 Å². The fourth-order valence-corrected chi connectivity index (χ4v) is 3.97. The number of carbonyl (C=O) groups excluding carboxylic acids is 1. The number of methoxy groups -OCH3 is 1. The van der Waals surface area contributed by atoms with Crippen LogP contribution in [0.5, 0.6) is 11.6 Å². The number of ether oxygens (including phenoxy) is 2. The topological polar surface area (TPSA) is 120 Å². The summed E-state index contributed by atoms with van der Waals surface area (Å²) in [4.78, 5) is 20.6. The van der Waals surface area contributed by atoms with Gasteiger partial charge in [-0.25, -0.2) is 18.4 Å². The highest BCUT2D eigenvalue weighted by molar-refractivity contribution is 7.92. The van der Waals surface area contributed by atoms with Crippen molar-refractivity contribution in [2.24, 2.45) is 0 Å². The standard InChI is InChI=1S/C23H26N4O5S/c1-3-4-7-16-32-20-9-6-5-8-19(20)22(28)26-17-10-12-18(13-11-17)33(29,30)27-21-23(31-2)25-15-14-24-21/h5-6,8-15H,3-4,7,16H2,1-2H3,(H,24,27)(H,26,28). The number of hydrogen-bond donors (Lipinski definition) is 2. The molecule has 0 aliphatic heterocycles. The zero-order chi connectivity index (χ0) is 23.7. The Morgan fingerprint density at radius 2 is 1.73 bits per heavy atom. The van der Waals surface area contributed by atoms with Crippen LogP contribution in [0.3, 0.4) is 0 Å². The van der Waals surface area contributed by atoms with Gasteiger partial charge < -0.3 is 14.8 Å². The number of sulfonamides is 1. The van der Waals surface area contributed by atoms with Gasteiger partial charge in [-0.15, -0.1) is 0 Å². The molecule has 33 heavy (non-hydrogen) atoms. The van der Waals surface area contributed by atoms with E-state index in [9.17, 15) is 13.2 Å². The lowest BCUT2D eigenvalue weighted by molar-refractivity contribution is 0.102. The first-order chi connectivity index (χ1) is 15.9. The summed E-state index contributed by atoms with van der Waals surface area (Å²) in [5.41, 5.74) is 0.846. The molecule has 0 radical (unpaired) electrons. The molecule has 10 heteroatoms. The molecule has 0 atom stereocenters. The van der Waals surface area contributed by atoms with E-state index in [1.165, 1.54) is 43.8 Å². The van der Waals surface area contributed by atoms with Crippen molar-refractivity contribution in [2.45, 2.75) is 31.1 Å². The van der Waals surface area contributed by atoms with E-state index in [2.05, 4.69) is 26.9 Å². The Bertz CT molecular complexity index is 1180. The fourth-order valence-electron chi connectivity index (χ4n) is 2.96. The molecular formula is C23H26N4O5S. The third-order valence-electron chi connectivity index (χ3n) is 4.65. The molecule has 174 valence electrons. The first-order valence-electron chi connectivity index (χ1n) is 10.5. The number of rotatable bonds is 11. The molecule has 0 aliphatic rings. The lowest BCUT2D eigenvalue weighted by Gasteiger charge is -2.12. The Labute approximate surface area is 193 Å². The Morgan fingerprint density at radius 1 is 1.00 bits per heavy atom. The number of nitrogens with zero attached hydrogens (tertiary/aromatic N) is 2. The van der Waals surface area contributed by atoms with Gasteiger partial charge in [-0.3, -0.25) is 9.52 Å². The summed E-state index contributed by atoms with van der Waals surface area (Å²) in [5, 5.41) is 2.77. The predicted molar refractivity (Wildman–Crippen MR) is 125 cm³/mol. The SMILES string of the molecule is CCCCCOc1ccccc1C(=O)Nc1ccc(S(=O)(=O)Nc2nccnc2OC)cc1. The number of nitrogens with one attached hydrogen (secondary N) is 2. The van der Waals surface area contributed by atoms with Gasteiger partial charge in [0.05, 0.1) is 24.2 Å². The zero-order valence-electron chi connectivity index (χ0n) is 18.4. The van der Waals surface area contributed by atoms with Gasteiger partial charge in [0.25, 0.3) is 21.8 Å². The van der Waals surface area contributed by atoms with Crippen LogP contribution in [0.2, 0.25) is 0 Å². The maximum Gasteiger partial charge on any atom is 0.263 e. The summed E-state index contributed by atoms with van der Waals surface area (Å²) in [6, 6.07) is 12.8. The Kier molecular flexibility index (Phi) is 8.20. The third-order valence-corrected chi connectivity index (χ3v) is 6.00. The van der Waals surface area contributed by atoms with E-state index >= 15 is 0 Å². The van der Waals surface area contributed by atoms with E-state index in [1.54, 1.807) is 18.2 Å². The van der Waals surface area contributed by atoms with Crippen LogP contribution in [0.25, 0.3) is 0 Å². The van der Waals surface area contributed by atoms with E-state index in [4.69, 9.17) is 9.47 Å². The summed E-state index contributed by atoms with van der Waals surface area (Å²) in [5.74, 6) is 0.194. The van der Waals surface area contributed by atoms with Crippen molar-refractivity contribution in [1.82, 2.24) is 9.97 Å². The molecule has 1 heterocycles. The monoisotopic (exact) mass is 470 g/mol. The first kappa shape index (κ1) is 24.0. The van der Waals surface area contributed by atoms with Crippen molar-refractivity contribution in [2.75, 3.05) is 23.8 Å². The lowest BCUT2D eigenvalue weighted by atomic mass is 10.2. The van der Waals surface area contributed by atoms with Gasteiger partial charge in [0, 0.05) is 18.1 Å². The molecule has 0 aliphatic carbocycles. The molecule has 0 spiro atoms. The van der Waals surface area contributed by atoms with E-state index < -0.39 is 10.0 Å². The number of hydrogen-bond acceptors (Lipinski definition) is 7. The van der Waals surface area contributed by atoms with Crippen molar-refractivity contribution in [3.8, 4) is 11.6 Å². The molecule has 0 saturated carbocycles. The highest BCUT2D eigenvalue weighted by Crippen LogP contribution is 2.23. The maximum atomic E-state index is 12.8. The van der Waals surface area contributed by atoms with E-state index in [1.807, 2.05) is 6.07 Å². The van der Waals surface area contributed by atoms with Crippen LogP contribution in [0.4, 0.5) is 11.5 Å². The molecule has 9 nitrogen and oxygen atoms in total. The highest BCUT2D eigenvalue weighted by atomic mass is 32.2. The molecule has 0 bridgehead atoms. The lowest BCUT2D eigenvalue weighted by Crippen LogP contribution is -2.16. The molecular weight excluding hydrogens is 444 g/mol. The van der Waals surface area contributed by atoms with E-state index in [0.717, 1.165) is 19.3 Å². The summed E-state index contributed by atoms with van der Waals surface area (Å²) in [7, 11) is -2.56. The molecule has 3 aromatic rings. The molecule has 1 aromatic heterocycles. The summed E-state index contributed by atoms with van der Waals surface area (Å²) in [6.45, 7) is 2.65. The number of benzene rings is 2. The van der Waals surface area contributed by atoms with Crippen molar-refractivity contribution < 1.29 is 22.7 Å². The molecule has 2 aromatic carbocycles. The average molecular weight is 471 g/mol. The quantitative estimate of drug-likeness (QED) is 0.405. The largest absolute Gasteiger partial charge is 0.493 e. The van der Waals surface area contributed by atoms with Crippen LogP contribution < -0.4 is 19.5 Å². The van der Waals surface area contributed by atoms with Gasteiger partial charge in [-0.1, -0.05) is 31.9 Å². The summed E-state index contributed by atoms with van der Waals surface area (Å²) >= 11 is 0. The van der Waals surface area contributed by atoms with E-state index in [-0.39, 0.29) is 22.5 Å². The van der Waals surface area contributed by atoms with Gasteiger partial charge in [0.2, 0.25) is 5.82 Å². The van der Waals surface area contributed by atoms with Crippen molar-refractivity contribution in [1.29, 1.82) is 0 Å². The summed E-state index contributed by atoms with van der Waals surface area (Å²) < 4.78 is 38.5. The molecule has 0 saturated heterocycles. The Hall–Kier alpha value is -3.66. The first-order valence-corrected chi connectivity index (χ1v) is 11.9. The number of anilines is 2. The minimum atomic E-state index is -3.93. The van der Waals surface area contributed by atoms with Crippen molar-refractivity contribution in [3.05, 3.63) is 66.5 Å². The smallest absolute Gasteiger partial charge is 0.263 e. The second-order valence-corrected chi connectivity index (χ2v) is 8.73. The second-order valence-electron chi connectivity index (χ2n) is 7.05. The van der Waals surface area contributed by atoms with Gasteiger partial charge in [-0.2, -0.15) is 0 Å². The van der Waals surface area contributed by atoms with Gasteiger partial charge >= 0.3 is 0 Å². The average Bonchev–Trinajstić information content (AvgIpc) is 2.82. The van der Waals surface area contributed by atoms with Crippen LogP contribution in [-0.4, -0.2) is 38.0 Å². The van der Waals surface area contributed by atoms with Crippen LogP contribution in [0.1, 0.15) is 36.5 Å². The summed E-state index contributed by atoms with van der Waals surface area (Å²) in [6.07, 6.45) is 5.80. The van der Waals surface area contributed by atoms with Gasteiger partial charge in [0.1, 0.15) is 5.75 Å². The van der Waals surface area contributed by atoms with Gasteiger partial charge in [-0.05, 0) is 42.8 Å². The zero-order valence-corrected chi connectivity index (χ0v) is 19.3. The minimum absolute atomic E-state index is 0.00661. The van der Waals surface area contributed by atoms with Crippen molar-refractivity contribution >= 4 is 27.4 Å².